The van der Waals surface area contributed by atoms with Crippen molar-refractivity contribution >= 4 is 5.91 Å². The van der Waals surface area contributed by atoms with Crippen LogP contribution in [0.5, 0.6) is 0 Å². The van der Waals surface area contributed by atoms with Crippen LogP contribution in [0.15, 0.2) is 42.6 Å². The molecule has 1 heterocycles. The minimum absolute atomic E-state index is 0.0223. The van der Waals surface area contributed by atoms with Gasteiger partial charge in [0.25, 0.3) is 5.91 Å². The van der Waals surface area contributed by atoms with Crippen LogP contribution in [0, 0.1) is 0 Å². The number of rotatable bonds is 3. The van der Waals surface area contributed by atoms with Gasteiger partial charge in [-0.15, -0.1) is 0 Å². The number of benzene rings is 1. The van der Waals surface area contributed by atoms with Gasteiger partial charge in [0.05, 0.1) is 12.1 Å². The number of nitrogens with zero attached hydrogens (tertiary/aromatic N) is 1. The average molecular weight is 189 g/mol. The van der Waals surface area contributed by atoms with E-state index in [9.17, 15) is 4.79 Å². The molecule has 1 aromatic carbocycles. The Labute approximate surface area is 82.5 Å². The van der Waals surface area contributed by atoms with Crippen LogP contribution in [-0.4, -0.2) is 11.0 Å². The number of amides is 1. The minimum atomic E-state index is -0.0223. The first kappa shape index (κ1) is 8.97. The van der Waals surface area contributed by atoms with Crippen molar-refractivity contribution in [3.8, 4) is 0 Å². The molecule has 14 heavy (non-hydrogen) atoms. The zero-order valence-corrected chi connectivity index (χ0v) is 7.77. The molecule has 72 valence electrons. The van der Waals surface area contributed by atoms with Crippen LogP contribution in [-0.2, 0) is 16.2 Å². The molecule has 1 fully saturated rings. The van der Waals surface area contributed by atoms with Crippen LogP contribution in [0.25, 0.3) is 0 Å². The van der Waals surface area contributed by atoms with Gasteiger partial charge >= 0.3 is 0 Å². The predicted octanol–water partition coefficient (Wildman–Crippen LogP) is 1.86. The highest BCUT2D eigenvalue weighted by Gasteiger charge is 2.29. The second-order valence-corrected chi connectivity index (χ2v) is 3.19. The van der Waals surface area contributed by atoms with E-state index in [0.717, 1.165) is 11.3 Å². The molecule has 1 amide bonds. The topological polar surface area (TPSA) is 29.5 Å². The van der Waals surface area contributed by atoms with Crippen molar-refractivity contribution in [2.45, 2.75) is 13.0 Å². The van der Waals surface area contributed by atoms with Gasteiger partial charge in [0.1, 0.15) is 6.61 Å². The fraction of sp³-hybridized carbons (Fsp3) is 0.182. The van der Waals surface area contributed by atoms with Crippen LogP contribution in [0.3, 0.4) is 0 Å². The summed E-state index contributed by atoms with van der Waals surface area (Å²) in [6, 6.07) is 9.72. The van der Waals surface area contributed by atoms with Gasteiger partial charge in [-0.3, -0.25) is 9.63 Å². The van der Waals surface area contributed by atoms with Gasteiger partial charge in [-0.1, -0.05) is 36.9 Å². The zero-order valence-electron chi connectivity index (χ0n) is 7.77. The Morgan fingerprint density at radius 1 is 1.36 bits per heavy atom. The van der Waals surface area contributed by atoms with Crippen molar-refractivity contribution in [2.24, 2.45) is 0 Å². The molecule has 0 atom stereocenters. The van der Waals surface area contributed by atoms with Crippen LogP contribution >= 0.6 is 0 Å². The van der Waals surface area contributed by atoms with E-state index in [2.05, 4.69) is 6.58 Å². The Morgan fingerprint density at radius 3 is 2.64 bits per heavy atom. The lowest BCUT2D eigenvalue weighted by molar-refractivity contribution is -0.195. The van der Waals surface area contributed by atoms with Crippen molar-refractivity contribution in [3.05, 3.63) is 48.2 Å². The molecule has 0 saturated carbocycles. The van der Waals surface area contributed by atoms with E-state index < -0.39 is 0 Å². The quantitative estimate of drug-likeness (QED) is 0.679. The Morgan fingerprint density at radius 2 is 2.07 bits per heavy atom. The normalized spacial score (nSPS) is 15.6. The lowest BCUT2D eigenvalue weighted by Crippen LogP contribution is -2.40. The van der Waals surface area contributed by atoms with Crippen LogP contribution < -0.4 is 0 Å². The third kappa shape index (κ3) is 1.67. The van der Waals surface area contributed by atoms with E-state index in [-0.39, 0.29) is 5.91 Å². The maximum atomic E-state index is 11.0. The van der Waals surface area contributed by atoms with Crippen molar-refractivity contribution in [2.75, 3.05) is 0 Å². The average Bonchev–Trinajstić information content (AvgIpc) is 2.19. The molecular weight excluding hydrogens is 178 g/mol. The molecule has 1 aliphatic rings. The van der Waals surface area contributed by atoms with Crippen LogP contribution in [0.1, 0.15) is 12.0 Å². The summed E-state index contributed by atoms with van der Waals surface area (Å²) in [6.07, 6.45) is 0.411. The second-order valence-electron chi connectivity index (χ2n) is 3.19. The standard InChI is InChI=1S/C11H11NO2/c1-9-7-11(13)12(9)14-8-10-5-3-2-4-6-10/h2-6H,1,7-8H2. The number of β-lactam (4-membered cyclic amide) rings is 1. The summed E-state index contributed by atoms with van der Waals surface area (Å²) in [5, 5.41) is 1.26. The number of hydrogen-bond donors (Lipinski definition) is 0. The second kappa shape index (κ2) is 3.64. The molecular formula is C11H11NO2. The van der Waals surface area contributed by atoms with E-state index in [4.69, 9.17) is 4.84 Å². The maximum absolute atomic E-state index is 11.0. The smallest absolute Gasteiger partial charge is 0.256 e. The molecule has 3 heteroatoms. The molecule has 0 bridgehead atoms. The molecule has 0 spiro atoms. The summed E-state index contributed by atoms with van der Waals surface area (Å²) in [5.41, 5.74) is 1.77. The molecule has 0 aromatic heterocycles. The number of carbonyl (C=O) groups is 1. The maximum Gasteiger partial charge on any atom is 0.256 e. The van der Waals surface area contributed by atoms with Gasteiger partial charge in [-0.2, -0.15) is 5.06 Å². The van der Waals surface area contributed by atoms with Crippen LogP contribution in [0.4, 0.5) is 0 Å². The van der Waals surface area contributed by atoms with Gasteiger partial charge in [0.15, 0.2) is 0 Å². The summed E-state index contributed by atoms with van der Waals surface area (Å²) in [4.78, 5) is 16.3. The minimum Gasteiger partial charge on any atom is -0.272 e. The summed E-state index contributed by atoms with van der Waals surface area (Å²) in [6.45, 7) is 4.09. The fourth-order valence-corrected chi connectivity index (χ4v) is 1.28. The summed E-state index contributed by atoms with van der Waals surface area (Å²) in [7, 11) is 0. The Kier molecular flexibility index (Phi) is 2.33. The molecule has 0 N–H and O–H groups in total. The van der Waals surface area contributed by atoms with E-state index in [0.29, 0.717) is 13.0 Å². The van der Waals surface area contributed by atoms with Gasteiger partial charge in [-0.05, 0) is 5.56 Å². The predicted molar refractivity (Wildman–Crippen MR) is 51.8 cm³/mol. The highest BCUT2D eigenvalue weighted by Crippen LogP contribution is 2.22. The molecule has 0 unspecified atom stereocenters. The van der Waals surface area contributed by atoms with Gasteiger partial charge in [-0.25, -0.2) is 0 Å². The van der Waals surface area contributed by atoms with Crippen molar-refractivity contribution in [3.63, 3.8) is 0 Å². The molecule has 1 saturated heterocycles. The first-order valence-corrected chi connectivity index (χ1v) is 4.45. The van der Waals surface area contributed by atoms with Gasteiger partial charge in [0, 0.05) is 0 Å². The summed E-state index contributed by atoms with van der Waals surface area (Å²) < 4.78 is 0. The lowest BCUT2D eigenvalue weighted by Gasteiger charge is -2.31. The third-order valence-electron chi connectivity index (χ3n) is 2.07. The molecule has 3 nitrogen and oxygen atoms in total. The Balaban J connectivity index is 1.89. The summed E-state index contributed by atoms with van der Waals surface area (Å²) >= 11 is 0. The first-order chi connectivity index (χ1) is 6.77. The monoisotopic (exact) mass is 189 g/mol. The van der Waals surface area contributed by atoms with Gasteiger partial charge < -0.3 is 0 Å². The highest BCUT2D eigenvalue weighted by molar-refractivity contribution is 5.86. The summed E-state index contributed by atoms with van der Waals surface area (Å²) in [5.74, 6) is -0.0223. The fourth-order valence-electron chi connectivity index (χ4n) is 1.28. The zero-order chi connectivity index (χ0) is 9.97. The molecule has 2 rings (SSSR count). The van der Waals surface area contributed by atoms with Crippen molar-refractivity contribution < 1.29 is 9.63 Å². The number of carbonyl (C=O) groups excluding carboxylic acids is 1. The Bertz CT molecular complexity index is 345. The molecule has 0 aliphatic carbocycles. The van der Waals surface area contributed by atoms with Gasteiger partial charge in [0.2, 0.25) is 0 Å². The van der Waals surface area contributed by atoms with E-state index >= 15 is 0 Å². The number of hydrogen-bond acceptors (Lipinski definition) is 2. The number of hydroxylamine groups is 2. The van der Waals surface area contributed by atoms with E-state index in [1.807, 2.05) is 30.3 Å². The highest BCUT2D eigenvalue weighted by atomic mass is 16.7. The first-order valence-electron chi connectivity index (χ1n) is 4.45. The molecule has 1 aliphatic heterocycles. The SMILES string of the molecule is C=C1CC(=O)N1OCc1ccccc1. The van der Waals surface area contributed by atoms with Crippen molar-refractivity contribution in [1.29, 1.82) is 0 Å². The molecule has 1 aromatic rings. The molecule has 0 radical (unpaired) electrons. The Hall–Kier alpha value is -1.61. The third-order valence-corrected chi connectivity index (χ3v) is 2.07. The van der Waals surface area contributed by atoms with E-state index in [1.165, 1.54) is 5.06 Å². The largest absolute Gasteiger partial charge is 0.272 e. The van der Waals surface area contributed by atoms with E-state index in [1.54, 1.807) is 0 Å². The van der Waals surface area contributed by atoms with Crippen LogP contribution in [0.2, 0.25) is 0 Å². The van der Waals surface area contributed by atoms with Crippen molar-refractivity contribution in [1.82, 2.24) is 5.06 Å². The lowest BCUT2D eigenvalue weighted by atomic mass is 10.2.